The first-order valence-electron chi connectivity index (χ1n) is 11.2. The monoisotopic (exact) mass is 472 g/mol. The molecule has 2 aliphatic rings. The molecule has 33 heavy (non-hydrogen) atoms. The maximum absolute atomic E-state index is 12.4. The number of rotatable bonds is 6. The van der Waals surface area contributed by atoms with Crippen molar-refractivity contribution < 1.29 is 25.2 Å². The van der Waals surface area contributed by atoms with E-state index in [4.69, 9.17) is 21.7 Å². The maximum atomic E-state index is 12.4. The number of aliphatic hydroxyl groups excluding tert-OH is 4. The Labute approximate surface area is 198 Å². The Morgan fingerprint density at radius 1 is 1.06 bits per heavy atom. The second-order valence-electron chi connectivity index (χ2n) is 8.72. The summed E-state index contributed by atoms with van der Waals surface area (Å²) in [5.74, 6) is -0.576. The number of likely N-dealkylation sites (tertiary alicyclic amines) is 1. The Hall–Kier alpha value is -2.13. The van der Waals surface area contributed by atoms with Crippen molar-refractivity contribution in [3.8, 4) is 0 Å². The average molecular weight is 473 g/mol. The van der Waals surface area contributed by atoms with Gasteiger partial charge in [-0.1, -0.05) is 29.3 Å². The molecule has 1 aliphatic heterocycles. The van der Waals surface area contributed by atoms with Crippen LogP contribution in [0.4, 0.5) is 0 Å². The van der Waals surface area contributed by atoms with E-state index in [0.717, 1.165) is 47.5 Å². The van der Waals surface area contributed by atoms with Crippen LogP contribution >= 0.6 is 11.6 Å². The van der Waals surface area contributed by atoms with Crippen molar-refractivity contribution >= 4 is 23.0 Å². The minimum absolute atomic E-state index is 0.0278. The van der Waals surface area contributed by atoms with E-state index in [2.05, 4.69) is 12.1 Å². The zero-order valence-corrected chi connectivity index (χ0v) is 19.1. The van der Waals surface area contributed by atoms with Crippen LogP contribution in [0, 0.1) is 0 Å². The van der Waals surface area contributed by atoms with Gasteiger partial charge in [-0.05, 0) is 60.6 Å². The van der Waals surface area contributed by atoms with Crippen molar-refractivity contribution in [1.82, 2.24) is 9.88 Å². The van der Waals surface area contributed by atoms with E-state index in [9.17, 15) is 20.1 Å². The van der Waals surface area contributed by atoms with Crippen molar-refractivity contribution in [2.24, 2.45) is 0 Å². The number of halogens is 1. The zero-order chi connectivity index (χ0) is 23.5. The Kier molecular flexibility index (Phi) is 7.58. The fourth-order valence-electron chi connectivity index (χ4n) is 4.69. The Bertz CT molecular complexity index is 1050. The Morgan fingerprint density at radius 3 is 2.52 bits per heavy atom. The van der Waals surface area contributed by atoms with Gasteiger partial charge in [0.15, 0.2) is 5.78 Å². The van der Waals surface area contributed by atoms with Crippen LogP contribution < -0.4 is 0 Å². The van der Waals surface area contributed by atoms with Gasteiger partial charge in [0.25, 0.3) is 0 Å². The molecule has 0 amide bonds. The third-order valence-electron chi connectivity index (χ3n) is 6.56. The lowest BCUT2D eigenvalue weighted by Crippen LogP contribution is -2.48. The fourth-order valence-corrected chi connectivity index (χ4v) is 4.88. The molecule has 4 rings (SSSR count). The molecule has 1 aromatic heterocycles. The van der Waals surface area contributed by atoms with E-state index in [1.807, 2.05) is 29.3 Å². The molecular formula is C25H29ClN2O5. The van der Waals surface area contributed by atoms with Crippen LogP contribution in [-0.4, -0.2) is 80.6 Å². The number of piperidine rings is 1. The molecule has 0 radical (unpaired) electrons. The van der Waals surface area contributed by atoms with Crippen LogP contribution in [-0.2, 0) is 17.6 Å². The first-order valence-corrected chi connectivity index (χ1v) is 11.6. The summed E-state index contributed by atoms with van der Waals surface area (Å²) < 4.78 is 0. The molecule has 3 atom stereocenters. The largest absolute Gasteiger partial charge is 0.394 e. The molecule has 1 fully saturated rings. The topological polar surface area (TPSA) is 114 Å². The number of pyridine rings is 1. The number of fused-ring (bicyclic) bond motifs is 2. The number of aliphatic hydroxyl groups is 4. The van der Waals surface area contributed by atoms with Gasteiger partial charge in [0, 0.05) is 29.9 Å². The van der Waals surface area contributed by atoms with Gasteiger partial charge in [-0.2, -0.15) is 0 Å². The van der Waals surface area contributed by atoms with Crippen LogP contribution in [0.15, 0.2) is 42.1 Å². The van der Waals surface area contributed by atoms with E-state index in [1.165, 1.54) is 16.7 Å². The predicted molar refractivity (Wildman–Crippen MR) is 125 cm³/mol. The normalized spacial score (nSPS) is 19.3. The quantitative estimate of drug-likeness (QED) is 0.502. The summed E-state index contributed by atoms with van der Waals surface area (Å²) in [6.45, 7) is 0.496. The smallest absolute Gasteiger partial charge is 0.177 e. The highest BCUT2D eigenvalue weighted by Crippen LogP contribution is 2.38. The van der Waals surface area contributed by atoms with Crippen LogP contribution in [0.3, 0.4) is 0 Å². The minimum atomic E-state index is -1.73. The number of Topliss-reactive ketones (excluding diaryl/α,β-unsaturated/α-hetero) is 1. The number of aryl methyl sites for hydroxylation is 2. The molecule has 176 valence electrons. The summed E-state index contributed by atoms with van der Waals surface area (Å²) in [4.78, 5) is 19.0. The predicted octanol–water partition coefficient (Wildman–Crippen LogP) is 1.38. The third-order valence-corrected chi connectivity index (χ3v) is 6.79. The maximum Gasteiger partial charge on any atom is 0.177 e. The van der Waals surface area contributed by atoms with Gasteiger partial charge in [0.05, 0.1) is 18.8 Å². The van der Waals surface area contributed by atoms with E-state index < -0.39 is 30.7 Å². The van der Waals surface area contributed by atoms with Crippen molar-refractivity contribution in [3.05, 3.63) is 69.5 Å². The molecular weight excluding hydrogens is 444 g/mol. The van der Waals surface area contributed by atoms with Gasteiger partial charge in [-0.15, -0.1) is 0 Å². The summed E-state index contributed by atoms with van der Waals surface area (Å²) >= 11 is 6.28. The highest BCUT2D eigenvalue weighted by atomic mass is 35.5. The number of carbonyl (C=O) groups is 1. The average Bonchev–Trinajstić information content (AvgIpc) is 2.99. The number of carbonyl (C=O) groups excluding carboxylic acids is 1. The van der Waals surface area contributed by atoms with Crippen molar-refractivity contribution in [2.75, 3.05) is 26.2 Å². The second-order valence-corrected chi connectivity index (χ2v) is 9.16. The van der Waals surface area contributed by atoms with Gasteiger partial charge in [-0.25, -0.2) is 0 Å². The Morgan fingerprint density at radius 2 is 1.79 bits per heavy atom. The SMILES string of the molecule is O=C(CN1CCC(=C2c3ccc(Cl)cc3CCc3cccnc32)CC1)[C@@H](O)[C@H](O)[C@H](O)CO. The number of hydrogen-bond acceptors (Lipinski definition) is 7. The molecule has 0 bridgehead atoms. The lowest BCUT2D eigenvalue weighted by molar-refractivity contribution is -0.141. The van der Waals surface area contributed by atoms with E-state index in [0.29, 0.717) is 13.1 Å². The minimum Gasteiger partial charge on any atom is -0.394 e. The molecule has 0 spiro atoms. The standard InChI is InChI=1S/C25H29ClN2O5/c26-18-5-6-19-17(12-18)4-3-16-2-1-9-27-23(16)22(19)15-7-10-28(11-8-15)13-20(30)24(32)25(33)21(31)14-29/h1-2,5-6,9,12,21,24-25,29,31-33H,3-4,7-8,10-11,13-14H2/t21-,24-,25-/m1/s1. The lowest BCUT2D eigenvalue weighted by Gasteiger charge is -2.31. The third kappa shape index (κ3) is 5.19. The van der Waals surface area contributed by atoms with Gasteiger partial charge in [0.1, 0.15) is 18.3 Å². The Balaban J connectivity index is 1.55. The molecule has 8 heteroatoms. The molecule has 4 N–H and O–H groups in total. The molecule has 0 unspecified atom stereocenters. The highest BCUT2D eigenvalue weighted by molar-refractivity contribution is 6.30. The van der Waals surface area contributed by atoms with Gasteiger partial charge in [0.2, 0.25) is 0 Å². The summed E-state index contributed by atoms with van der Waals surface area (Å²) in [7, 11) is 0. The number of hydrogen-bond donors (Lipinski definition) is 4. The van der Waals surface area contributed by atoms with Crippen LogP contribution in [0.25, 0.3) is 5.57 Å². The van der Waals surface area contributed by atoms with E-state index in [-0.39, 0.29) is 6.54 Å². The zero-order valence-electron chi connectivity index (χ0n) is 18.3. The lowest BCUT2D eigenvalue weighted by atomic mass is 9.88. The number of benzene rings is 1. The van der Waals surface area contributed by atoms with Crippen LogP contribution in [0.5, 0.6) is 0 Å². The first-order chi connectivity index (χ1) is 15.9. The molecule has 2 heterocycles. The van der Waals surface area contributed by atoms with Crippen molar-refractivity contribution in [2.45, 2.75) is 44.0 Å². The molecule has 1 saturated heterocycles. The van der Waals surface area contributed by atoms with Crippen LogP contribution in [0.2, 0.25) is 5.02 Å². The van der Waals surface area contributed by atoms with E-state index >= 15 is 0 Å². The van der Waals surface area contributed by atoms with Crippen LogP contribution in [0.1, 0.15) is 35.2 Å². The number of nitrogens with zero attached hydrogens (tertiary/aromatic N) is 2. The molecule has 0 saturated carbocycles. The number of ketones is 1. The molecule has 2 aromatic rings. The van der Waals surface area contributed by atoms with Crippen molar-refractivity contribution in [1.29, 1.82) is 0 Å². The summed E-state index contributed by atoms with van der Waals surface area (Å²) in [5.41, 5.74) is 7.02. The highest BCUT2D eigenvalue weighted by Gasteiger charge is 2.32. The first kappa shape index (κ1) is 24.0. The van der Waals surface area contributed by atoms with Gasteiger partial charge < -0.3 is 20.4 Å². The fraction of sp³-hybridized carbons (Fsp3) is 0.440. The number of aromatic nitrogens is 1. The van der Waals surface area contributed by atoms with Gasteiger partial charge in [-0.3, -0.25) is 14.7 Å². The van der Waals surface area contributed by atoms with Gasteiger partial charge >= 0.3 is 0 Å². The second kappa shape index (κ2) is 10.4. The molecule has 1 aliphatic carbocycles. The summed E-state index contributed by atoms with van der Waals surface area (Å²) in [6.07, 6.45) is 0.111. The summed E-state index contributed by atoms with van der Waals surface area (Å²) in [6, 6.07) is 10.1. The molecule has 7 nitrogen and oxygen atoms in total. The van der Waals surface area contributed by atoms with E-state index in [1.54, 1.807) is 0 Å². The summed E-state index contributed by atoms with van der Waals surface area (Å²) in [5, 5.41) is 39.0. The van der Waals surface area contributed by atoms with Crippen molar-refractivity contribution in [3.63, 3.8) is 0 Å². The molecule has 1 aromatic carbocycles.